The summed E-state index contributed by atoms with van der Waals surface area (Å²) < 4.78 is 16.9. The summed E-state index contributed by atoms with van der Waals surface area (Å²) in [5.41, 5.74) is 7.30. The van der Waals surface area contributed by atoms with Gasteiger partial charge in [-0.1, -0.05) is 0 Å². The number of nitrogen functional groups attached to an aromatic ring is 1. The monoisotopic (exact) mass is 431 g/mol. The van der Waals surface area contributed by atoms with Gasteiger partial charge in [0.05, 0.1) is 7.11 Å². The van der Waals surface area contributed by atoms with Gasteiger partial charge in [-0.2, -0.15) is 4.68 Å². The molecule has 9 nitrogen and oxygen atoms in total. The van der Waals surface area contributed by atoms with Gasteiger partial charge >= 0.3 is 11.6 Å². The number of methoxy groups -OCH3 is 1. The van der Waals surface area contributed by atoms with Gasteiger partial charge in [0.25, 0.3) is 5.91 Å². The SMILES string of the molecule is COC(=O)c1c(N)nn(C(=O)[C@@H](C)Oc2cc3c(C)cc(=O)oc3cc2C)c1SC. The smallest absolute Gasteiger partial charge is 0.344 e. The molecule has 3 aromatic rings. The summed E-state index contributed by atoms with van der Waals surface area (Å²) in [7, 11) is 1.23. The first kappa shape index (κ1) is 21.4. The third-order valence-electron chi connectivity index (χ3n) is 4.56. The molecule has 0 unspecified atom stereocenters. The second-order valence-electron chi connectivity index (χ2n) is 6.63. The van der Waals surface area contributed by atoms with Gasteiger partial charge in [0, 0.05) is 11.5 Å². The summed E-state index contributed by atoms with van der Waals surface area (Å²) in [5.74, 6) is -0.817. The molecule has 30 heavy (non-hydrogen) atoms. The first-order valence-corrected chi connectivity index (χ1v) is 10.2. The number of rotatable bonds is 5. The maximum Gasteiger partial charge on any atom is 0.344 e. The van der Waals surface area contributed by atoms with Crippen molar-refractivity contribution in [1.29, 1.82) is 0 Å². The minimum Gasteiger partial charge on any atom is -0.481 e. The molecule has 0 aliphatic carbocycles. The quantitative estimate of drug-likeness (QED) is 0.368. The number of benzene rings is 1. The van der Waals surface area contributed by atoms with Crippen molar-refractivity contribution in [3.63, 3.8) is 0 Å². The summed E-state index contributed by atoms with van der Waals surface area (Å²) in [6, 6.07) is 4.80. The Hall–Kier alpha value is -3.27. The Morgan fingerprint density at radius 3 is 2.57 bits per heavy atom. The van der Waals surface area contributed by atoms with Crippen LogP contribution in [-0.4, -0.2) is 41.1 Å². The van der Waals surface area contributed by atoms with E-state index in [2.05, 4.69) is 5.10 Å². The second-order valence-corrected chi connectivity index (χ2v) is 7.43. The molecule has 0 bridgehead atoms. The van der Waals surface area contributed by atoms with Crippen molar-refractivity contribution in [2.24, 2.45) is 0 Å². The van der Waals surface area contributed by atoms with Gasteiger partial charge in [-0.3, -0.25) is 4.79 Å². The van der Waals surface area contributed by atoms with Crippen LogP contribution >= 0.6 is 11.8 Å². The number of hydrogen-bond acceptors (Lipinski definition) is 9. The van der Waals surface area contributed by atoms with E-state index in [-0.39, 0.29) is 16.4 Å². The van der Waals surface area contributed by atoms with Crippen LogP contribution in [0.25, 0.3) is 11.0 Å². The molecule has 0 radical (unpaired) electrons. The van der Waals surface area contributed by atoms with E-state index in [9.17, 15) is 14.4 Å². The molecule has 2 heterocycles. The second kappa shape index (κ2) is 8.23. The lowest BCUT2D eigenvalue weighted by atomic mass is 10.1. The topological polar surface area (TPSA) is 127 Å². The molecule has 3 rings (SSSR count). The molecule has 2 N–H and O–H groups in total. The predicted octanol–water partition coefficient (Wildman–Crippen LogP) is 2.80. The number of fused-ring (bicyclic) bond motifs is 1. The van der Waals surface area contributed by atoms with Crippen molar-refractivity contribution in [3.8, 4) is 5.75 Å². The van der Waals surface area contributed by atoms with Gasteiger partial charge in [0.1, 0.15) is 21.9 Å². The molecule has 0 saturated heterocycles. The van der Waals surface area contributed by atoms with E-state index in [0.29, 0.717) is 22.3 Å². The van der Waals surface area contributed by atoms with Crippen molar-refractivity contribution < 1.29 is 23.5 Å². The van der Waals surface area contributed by atoms with Gasteiger partial charge in [0.15, 0.2) is 11.9 Å². The third kappa shape index (κ3) is 3.78. The zero-order chi connectivity index (χ0) is 22.2. The van der Waals surface area contributed by atoms with Crippen molar-refractivity contribution in [3.05, 3.63) is 45.3 Å². The first-order valence-electron chi connectivity index (χ1n) is 8.94. The van der Waals surface area contributed by atoms with Gasteiger partial charge in [-0.15, -0.1) is 16.9 Å². The maximum atomic E-state index is 13.0. The Labute approximate surface area is 176 Å². The predicted molar refractivity (Wildman–Crippen MR) is 112 cm³/mol. The minimum atomic E-state index is -0.937. The molecule has 1 atom stereocenters. The summed E-state index contributed by atoms with van der Waals surface area (Å²) >= 11 is 1.15. The average Bonchev–Trinajstić information content (AvgIpc) is 3.03. The van der Waals surface area contributed by atoms with E-state index >= 15 is 0 Å². The Balaban J connectivity index is 1.96. The van der Waals surface area contributed by atoms with Crippen molar-refractivity contribution in [2.75, 3.05) is 19.1 Å². The molecule has 0 amide bonds. The zero-order valence-corrected chi connectivity index (χ0v) is 18.0. The fourth-order valence-electron chi connectivity index (χ4n) is 3.04. The number of esters is 1. The molecule has 0 saturated carbocycles. The van der Waals surface area contributed by atoms with E-state index < -0.39 is 23.6 Å². The normalized spacial score (nSPS) is 12.0. The number of carbonyl (C=O) groups is 2. The molecule has 0 aliphatic heterocycles. The molecule has 1 aromatic carbocycles. The number of ether oxygens (including phenoxy) is 2. The highest BCUT2D eigenvalue weighted by Crippen LogP contribution is 2.29. The molecule has 0 fully saturated rings. The van der Waals surface area contributed by atoms with Crippen molar-refractivity contribution in [1.82, 2.24) is 9.78 Å². The molecule has 10 heteroatoms. The summed E-state index contributed by atoms with van der Waals surface area (Å²) in [5, 5.41) is 4.98. The zero-order valence-electron chi connectivity index (χ0n) is 17.1. The fraction of sp³-hybridized carbons (Fsp3) is 0.300. The Morgan fingerprint density at radius 1 is 1.23 bits per heavy atom. The molecule has 0 spiro atoms. The van der Waals surface area contributed by atoms with Gasteiger partial charge < -0.3 is 19.6 Å². The third-order valence-corrected chi connectivity index (χ3v) is 5.32. The van der Waals surface area contributed by atoms with Crippen LogP contribution in [0.5, 0.6) is 5.75 Å². The van der Waals surface area contributed by atoms with Crippen LogP contribution in [0.3, 0.4) is 0 Å². The highest BCUT2D eigenvalue weighted by molar-refractivity contribution is 7.98. The fourth-order valence-corrected chi connectivity index (χ4v) is 3.73. The molecule has 0 aliphatic rings. The largest absolute Gasteiger partial charge is 0.481 e. The summed E-state index contributed by atoms with van der Waals surface area (Å²) in [6.45, 7) is 5.14. The van der Waals surface area contributed by atoms with Crippen LogP contribution in [-0.2, 0) is 4.74 Å². The van der Waals surface area contributed by atoms with E-state index in [1.165, 1.54) is 13.2 Å². The Bertz CT molecular complexity index is 1210. The van der Waals surface area contributed by atoms with Gasteiger partial charge in [-0.25, -0.2) is 9.59 Å². The molecule has 2 aromatic heterocycles. The Kier molecular flexibility index (Phi) is 5.88. The van der Waals surface area contributed by atoms with E-state index in [4.69, 9.17) is 19.6 Å². The number of nitrogens with zero attached hydrogens (tertiary/aromatic N) is 2. The van der Waals surface area contributed by atoms with Crippen LogP contribution in [0.2, 0.25) is 0 Å². The number of aromatic nitrogens is 2. The number of anilines is 1. The van der Waals surface area contributed by atoms with E-state index in [0.717, 1.165) is 22.0 Å². The van der Waals surface area contributed by atoms with E-state index in [1.54, 1.807) is 39.2 Å². The lowest BCUT2D eigenvalue weighted by Crippen LogP contribution is -2.31. The number of thioether (sulfide) groups is 1. The van der Waals surface area contributed by atoms with Crippen molar-refractivity contribution >= 4 is 40.4 Å². The van der Waals surface area contributed by atoms with Crippen LogP contribution in [0.15, 0.2) is 32.4 Å². The molecule has 158 valence electrons. The Morgan fingerprint density at radius 2 is 1.93 bits per heavy atom. The van der Waals surface area contributed by atoms with E-state index in [1.807, 2.05) is 0 Å². The average molecular weight is 431 g/mol. The number of aryl methyl sites for hydroxylation is 2. The highest BCUT2D eigenvalue weighted by Gasteiger charge is 2.29. The van der Waals surface area contributed by atoms with Gasteiger partial charge in [0.2, 0.25) is 0 Å². The number of nitrogens with two attached hydrogens (primary N) is 1. The van der Waals surface area contributed by atoms with Gasteiger partial charge in [-0.05, 0) is 50.3 Å². The molecular weight excluding hydrogens is 410 g/mol. The lowest BCUT2D eigenvalue weighted by Gasteiger charge is -2.17. The number of carbonyl (C=O) groups excluding carboxylic acids is 2. The maximum absolute atomic E-state index is 13.0. The summed E-state index contributed by atoms with van der Waals surface area (Å²) in [6.07, 6.45) is 0.760. The summed E-state index contributed by atoms with van der Waals surface area (Å²) in [4.78, 5) is 36.6. The van der Waals surface area contributed by atoms with Crippen molar-refractivity contribution in [2.45, 2.75) is 31.9 Å². The molecular formula is C20H21N3O6S. The van der Waals surface area contributed by atoms with Crippen LogP contribution in [0.1, 0.15) is 33.2 Å². The van der Waals surface area contributed by atoms with Crippen LogP contribution < -0.4 is 16.1 Å². The lowest BCUT2D eigenvalue weighted by molar-refractivity contribution is 0.0596. The first-order chi connectivity index (χ1) is 14.2. The minimum absolute atomic E-state index is 0.0399. The van der Waals surface area contributed by atoms with Crippen LogP contribution in [0.4, 0.5) is 5.82 Å². The number of hydrogen-bond donors (Lipinski definition) is 1. The van der Waals surface area contributed by atoms with Crippen LogP contribution in [0, 0.1) is 13.8 Å². The standard InChI is InChI=1S/C20H21N3O6S/c1-9-7-15(24)29-14-6-10(2)13(8-12(9)14)28-11(3)18(25)23-19(30-5)16(17(21)22-23)20(26)27-4/h6-8,11H,1-5H3,(H2,21,22)/t11-/m1/s1. The highest BCUT2D eigenvalue weighted by atomic mass is 32.2.